The molecule has 98 valence electrons. The van der Waals surface area contributed by atoms with Crippen molar-refractivity contribution in [2.75, 3.05) is 6.61 Å². The monoisotopic (exact) mass is 246 g/mol. The van der Waals surface area contributed by atoms with Gasteiger partial charge in [0.1, 0.15) is 6.10 Å². The van der Waals surface area contributed by atoms with Gasteiger partial charge in [0, 0.05) is 6.61 Å². The minimum absolute atomic E-state index is 0.0000217. The van der Waals surface area contributed by atoms with Crippen molar-refractivity contribution in [3.63, 3.8) is 0 Å². The van der Waals surface area contributed by atoms with E-state index in [4.69, 9.17) is 4.74 Å². The van der Waals surface area contributed by atoms with Crippen molar-refractivity contribution in [2.45, 2.75) is 56.7 Å². The molecule has 18 heavy (non-hydrogen) atoms. The van der Waals surface area contributed by atoms with Crippen molar-refractivity contribution in [1.29, 1.82) is 0 Å². The van der Waals surface area contributed by atoms with E-state index >= 15 is 0 Å². The maximum absolute atomic E-state index is 10.6. The Morgan fingerprint density at radius 3 is 2.56 bits per heavy atom. The van der Waals surface area contributed by atoms with Gasteiger partial charge in [-0.3, -0.25) is 0 Å². The summed E-state index contributed by atoms with van der Waals surface area (Å²) in [6, 6.07) is 8.39. The third-order valence-corrected chi connectivity index (χ3v) is 4.43. The van der Waals surface area contributed by atoms with Crippen LogP contribution in [-0.2, 0) is 4.74 Å². The molecule has 2 nitrogen and oxygen atoms in total. The first-order chi connectivity index (χ1) is 8.86. The Balaban J connectivity index is 1.81. The van der Waals surface area contributed by atoms with E-state index in [0.29, 0.717) is 5.92 Å². The van der Waals surface area contributed by atoms with Gasteiger partial charge in [-0.1, -0.05) is 30.7 Å². The third kappa shape index (κ3) is 2.32. The quantitative estimate of drug-likeness (QED) is 0.883. The van der Waals surface area contributed by atoms with Gasteiger partial charge in [0.25, 0.3) is 0 Å². The van der Waals surface area contributed by atoms with Crippen LogP contribution in [0.25, 0.3) is 0 Å². The molecule has 1 saturated carbocycles. The predicted octanol–water partition coefficient (Wildman–Crippen LogP) is 3.56. The Morgan fingerprint density at radius 1 is 1.06 bits per heavy atom. The SMILES string of the molecule is OC(c1ccccc1C1CCC1)C1CCCCO1. The summed E-state index contributed by atoms with van der Waals surface area (Å²) in [6.45, 7) is 0.799. The van der Waals surface area contributed by atoms with E-state index in [1.165, 1.54) is 31.2 Å². The highest BCUT2D eigenvalue weighted by Gasteiger charge is 2.29. The molecule has 2 aliphatic rings. The van der Waals surface area contributed by atoms with Crippen LogP contribution in [0.2, 0.25) is 0 Å². The Morgan fingerprint density at radius 2 is 1.89 bits per heavy atom. The van der Waals surface area contributed by atoms with Crippen molar-refractivity contribution in [3.05, 3.63) is 35.4 Å². The first kappa shape index (κ1) is 12.2. The Kier molecular flexibility index (Phi) is 3.67. The molecule has 0 amide bonds. The van der Waals surface area contributed by atoms with E-state index < -0.39 is 6.10 Å². The highest BCUT2D eigenvalue weighted by Crippen LogP contribution is 2.40. The average molecular weight is 246 g/mol. The number of rotatable bonds is 3. The van der Waals surface area contributed by atoms with E-state index in [0.717, 1.165) is 25.0 Å². The lowest BCUT2D eigenvalue weighted by Gasteiger charge is -2.32. The zero-order chi connectivity index (χ0) is 12.4. The molecular weight excluding hydrogens is 224 g/mol. The molecule has 3 rings (SSSR count). The first-order valence-electron chi connectivity index (χ1n) is 7.25. The van der Waals surface area contributed by atoms with Gasteiger partial charge in [-0.2, -0.15) is 0 Å². The van der Waals surface area contributed by atoms with Crippen LogP contribution in [0.15, 0.2) is 24.3 Å². The molecule has 0 aromatic heterocycles. The van der Waals surface area contributed by atoms with E-state index in [-0.39, 0.29) is 6.10 Å². The number of aliphatic hydroxyl groups is 1. The van der Waals surface area contributed by atoms with Crippen molar-refractivity contribution in [1.82, 2.24) is 0 Å². The van der Waals surface area contributed by atoms with Gasteiger partial charge in [-0.25, -0.2) is 0 Å². The molecule has 1 saturated heterocycles. The Hall–Kier alpha value is -0.860. The highest BCUT2D eigenvalue weighted by atomic mass is 16.5. The molecule has 1 aromatic carbocycles. The zero-order valence-corrected chi connectivity index (χ0v) is 10.8. The smallest absolute Gasteiger partial charge is 0.105 e. The van der Waals surface area contributed by atoms with Crippen molar-refractivity contribution >= 4 is 0 Å². The van der Waals surface area contributed by atoms with E-state index in [9.17, 15) is 5.11 Å². The van der Waals surface area contributed by atoms with Crippen molar-refractivity contribution in [2.24, 2.45) is 0 Å². The van der Waals surface area contributed by atoms with Gasteiger partial charge in [0.2, 0.25) is 0 Å². The van der Waals surface area contributed by atoms with Gasteiger partial charge in [0.05, 0.1) is 6.10 Å². The number of ether oxygens (including phenoxy) is 1. The highest BCUT2D eigenvalue weighted by molar-refractivity contribution is 5.34. The molecular formula is C16H22O2. The number of aliphatic hydroxyl groups excluding tert-OH is 1. The van der Waals surface area contributed by atoms with Gasteiger partial charge < -0.3 is 9.84 Å². The normalized spacial score (nSPS) is 26.6. The van der Waals surface area contributed by atoms with Crippen LogP contribution in [0, 0.1) is 0 Å². The van der Waals surface area contributed by atoms with Gasteiger partial charge in [0.15, 0.2) is 0 Å². The zero-order valence-electron chi connectivity index (χ0n) is 10.8. The largest absolute Gasteiger partial charge is 0.386 e. The van der Waals surface area contributed by atoms with Crippen LogP contribution in [0.5, 0.6) is 0 Å². The van der Waals surface area contributed by atoms with Crippen LogP contribution >= 0.6 is 0 Å². The van der Waals surface area contributed by atoms with Crippen LogP contribution in [0.4, 0.5) is 0 Å². The van der Waals surface area contributed by atoms with Crippen molar-refractivity contribution < 1.29 is 9.84 Å². The summed E-state index contributed by atoms with van der Waals surface area (Å²) in [5, 5.41) is 10.6. The van der Waals surface area contributed by atoms with Crippen LogP contribution in [0.1, 0.15) is 61.7 Å². The molecule has 1 heterocycles. The fourth-order valence-electron chi connectivity index (χ4n) is 3.09. The fourth-order valence-corrected chi connectivity index (χ4v) is 3.09. The molecule has 1 aliphatic heterocycles. The molecule has 1 aromatic rings. The maximum atomic E-state index is 10.6. The van der Waals surface area contributed by atoms with E-state index in [1.54, 1.807) is 0 Å². The lowest BCUT2D eigenvalue weighted by molar-refractivity contribution is -0.0638. The lowest BCUT2D eigenvalue weighted by Crippen LogP contribution is -2.27. The van der Waals surface area contributed by atoms with E-state index in [2.05, 4.69) is 18.2 Å². The Labute approximate surface area is 109 Å². The molecule has 0 spiro atoms. The van der Waals surface area contributed by atoms with Gasteiger partial charge in [-0.05, 0) is 49.1 Å². The molecule has 2 heteroatoms. The van der Waals surface area contributed by atoms with Gasteiger partial charge >= 0.3 is 0 Å². The minimum Gasteiger partial charge on any atom is -0.386 e. The molecule has 2 fully saturated rings. The molecule has 0 bridgehead atoms. The van der Waals surface area contributed by atoms with Gasteiger partial charge in [-0.15, -0.1) is 0 Å². The average Bonchev–Trinajstić information content (AvgIpc) is 2.38. The minimum atomic E-state index is -0.443. The molecule has 0 radical (unpaired) electrons. The summed E-state index contributed by atoms with van der Waals surface area (Å²) in [7, 11) is 0. The topological polar surface area (TPSA) is 29.5 Å². The second kappa shape index (κ2) is 5.41. The summed E-state index contributed by atoms with van der Waals surface area (Å²) in [5.41, 5.74) is 2.46. The number of benzene rings is 1. The summed E-state index contributed by atoms with van der Waals surface area (Å²) in [5.74, 6) is 0.666. The predicted molar refractivity (Wildman–Crippen MR) is 71.6 cm³/mol. The fraction of sp³-hybridized carbons (Fsp3) is 0.625. The lowest BCUT2D eigenvalue weighted by atomic mass is 9.77. The first-order valence-corrected chi connectivity index (χ1v) is 7.25. The van der Waals surface area contributed by atoms with Crippen molar-refractivity contribution in [3.8, 4) is 0 Å². The third-order valence-electron chi connectivity index (χ3n) is 4.43. The second-order valence-corrected chi connectivity index (χ2v) is 5.61. The summed E-state index contributed by atoms with van der Waals surface area (Å²) in [4.78, 5) is 0. The van der Waals surface area contributed by atoms with Crippen LogP contribution < -0.4 is 0 Å². The Bertz CT molecular complexity index is 392. The van der Waals surface area contributed by atoms with E-state index in [1.807, 2.05) is 6.07 Å². The molecule has 2 atom stereocenters. The number of hydrogen-bond donors (Lipinski definition) is 1. The molecule has 1 aliphatic carbocycles. The maximum Gasteiger partial charge on any atom is 0.105 e. The second-order valence-electron chi connectivity index (χ2n) is 5.61. The van der Waals surface area contributed by atoms with Crippen LogP contribution in [-0.4, -0.2) is 17.8 Å². The summed E-state index contributed by atoms with van der Waals surface area (Å²) < 4.78 is 5.73. The summed E-state index contributed by atoms with van der Waals surface area (Å²) in [6.07, 6.45) is 6.72. The van der Waals surface area contributed by atoms with Crippen LogP contribution in [0.3, 0.4) is 0 Å². The standard InChI is InChI=1S/C16H22O2/c17-16(15-10-3-4-11-18-15)14-9-2-1-8-13(14)12-6-5-7-12/h1-2,8-9,12,15-17H,3-7,10-11H2. The number of hydrogen-bond acceptors (Lipinski definition) is 2. The molecule has 1 N–H and O–H groups in total. The molecule has 2 unspecified atom stereocenters. The summed E-state index contributed by atoms with van der Waals surface area (Å²) >= 11 is 0.